The van der Waals surface area contributed by atoms with Crippen LogP contribution >= 0.6 is 0 Å². The molecule has 1 aromatic carbocycles. The van der Waals surface area contributed by atoms with E-state index < -0.39 is 11.6 Å². The van der Waals surface area contributed by atoms with Gasteiger partial charge >= 0.3 is 0 Å². The number of benzene rings is 1. The van der Waals surface area contributed by atoms with Crippen LogP contribution in [0.25, 0.3) is 5.69 Å². The van der Waals surface area contributed by atoms with Gasteiger partial charge in [-0.15, -0.1) is 0 Å². The van der Waals surface area contributed by atoms with Crippen LogP contribution in [0.2, 0.25) is 0 Å². The van der Waals surface area contributed by atoms with Crippen molar-refractivity contribution in [1.29, 1.82) is 0 Å². The average Bonchev–Trinajstić information content (AvgIpc) is 2.94. The Kier molecular flexibility index (Phi) is 2.94. The van der Waals surface area contributed by atoms with Gasteiger partial charge < -0.3 is 10.1 Å². The summed E-state index contributed by atoms with van der Waals surface area (Å²) in [5.74, 6) is -0.476. The summed E-state index contributed by atoms with van der Waals surface area (Å²) in [5.41, 5.74) is 2.05. The number of hydrogen-bond donors (Lipinski definition) is 1. The van der Waals surface area contributed by atoms with Crippen molar-refractivity contribution < 1.29 is 13.5 Å². The second kappa shape index (κ2) is 4.62. The van der Waals surface area contributed by atoms with Crippen molar-refractivity contribution in [1.82, 2.24) is 9.78 Å². The van der Waals surface area contributed by atoms with Gasteiger partial charge in [0.15, 0.2) is 5.82 Å². The topological polar surface area (TPSA) is 39.1 Å². The summed E-state index contributed by atoms with van der Waals surface area (Å²) in [6.45, 7) is 1.16. The Morgan fingerprint density at radius 1 is 1.42 bits per heavy atom. The van der Waals surface area contributed by atoms with Gasteiger partial charge in [-0.1, -0.05) is 0 Å². The van der Waals surface area contributed by atoms with Gasteiger partial charge in [0.25, 0.3) is 0 Å². The lowest BCUT2D eigenvalue weighted by molar-refractivity contribution is 0.180. The van der Waals surface area contributed by atoms with Crippen molar-refractivity contribution in [3.63, 3.8) is 0 Å². The van der Waals surface area contributed by atoms with Crippen molar-refractivity contribution in [3.05, 3.63) is 41.1 Å². The predicted molar refractivity (Wildman–Crippen MR) is 66.4 cm³/mol. The third-order valence-electron chi connectivity index (χ3n) is 3.15. The number of fused-ring (bicyclic) bond motifs is 1. The van der Waals surface area contributed by atoms with Crippen LogP contribution in [0.5, 0.6) is 0 Å². The molecule has 0 unspecified atom stereocenters. The number of methoxy groups -OCH3 is 1. The molecule has 1 aromatic heterocycles. The van der Waals surface area contributed by atoms with Crippen LogP contribution in [-0.2, 0) is 17.8 Å². The van der Waals surface area contributed by atoms with Gasteiger partial charge in [-0.05, 0) is 18.6 Å². The molecule has 1 aliphatic rings. The van der Waals surface area contributed by atoms with E-state index >= 15 is 0 Å². The molecule has 1 N–H and O–H groups in total. The van der Waals surface area contributed by atoms with Gasteiger partial charge in [0.2, 0.25) is 0 Å². The fourth-order valence-corrected chi connectivity index (χ4v) is 2.33. The smallest absolute Gasteiger partial charge is 0.151 e. The third kappa shape index (κ3) is 1.98. The van der Waals surface area contributed by atoms with E-state index in [0.717, 1.165) is 36.1 Å². The Bertz CT molecular complexity index is 625. The van der Waals surface area contributed by atoms with Crippen LogP contribution in [0, 0.1) is 11.6 Å². The SMILES string of the molecule is COCc1nn(-c2ccc(F)cc2F)c2c1CCN2. The lowest BCUT2D eigenvalue weighted by atomic mass is 10.2. The Labute approximate surface area is 109 Å². The molecule has 0 radical (unpaired) electrons. The van der Waals surface area contributed by atoms with Crippen LogP contribution in [0.1, 0.15) is 11.3 Å². The molecule has 0 bridgehead atoms. The molecule has 6 heteroatoms. The molecule has 2 aromatic rings. The minimum Gasteiger partial charge on any atom is -0.378 e. The van der Waals surface area contributed by atoms with E-state index in [1.165, 1.54) is 16.8 Å². The van der Waals surface area contributed by atoms with E-state index in [1.807, 2.05) is 0 Å². The molecule has 0 atom stereocenters. The number of halogens is 2. The number of hydrogen-bond acceptors (Lipinski definition) is 3. The van der Waals surface area contributed by atoms with Gasteiger partial charge in [-0.25, -0.2) is 13.5 Å². The molecule has 4 nitrogen and oxygen atoms in total. The lowest BCUT2D eigenvalue weighted by Gasteiger charge is -2.07. The Morgan fingerprint density at radius 2 is 2.26 bits per heavy atom. The van der Waals surface area contributed by atoms with Crippen LogP contribution in [-0.4, -0.2) is 23.4 Å². The van der Waals surface area contributed by atoms with E-state index in [4.69, 9.17) is 4.74 Å². The Hall–Kier alpha value is -1.95. The minimum atomic E-state index is -0.636. The van der Waals surface area contributed by atoms with Crippen LogP contribution < -0.4 is 5.32 Å². The van der Waals surface area contributed by atoms with E-state index in [0.29, 0.717) is 6.61 Å². The molecule has 0 fully saturated rings. The van der Waals surface area contributed by atoms with Crippen LogP contribution in [0.3, 0.4) is 0 Å². The second-order valence-electron chi connectivity index (χ2n) is 4.39. The van der Waals surface area contributed by atoms with Gasteiger partial charge in [-0.2, -0.15) is 5.10 Å². The van der Waals surface area contributed by atoms with Gasteiger partial charge in [0.05, 0.1) is 12.3 Å². The standard InChI is InChI=1S/C13H13F2N3O/c1-19-7-11-9-4-5-16-13(9)18(17-11)12-3-2-8(14)6-10(12)15/h2-3,6,16H,4-5,7H2,1H3. The number of nitrogens with one attached hydrogen (secondary N) is 1. The highest BCUT2D eigenvalue weighted by molar-refractivity contribution is 5.57. The largest absolute Gasteiger partial charge is 0.378 e. The van der Waals surface area contributed by atoms with E-state index in [-0.39, 0.29) is 5.69 Å². The summed E-state index contributed by atoms with van der Waals surface area (Å²) in [4.78, 5) is 0. The summed E-state index contributed by atoms with van der Waals surface area (Å²) in [5, 5.41) is 7.52. The third-order valence-corrected chi connectivity index (χ3v) is 3.15. The molecule has 0 amide bonds. The van der Waals surface area contributed by atoms with E-state index in [2.05, 4.69) is 10.4 Å². The molecule has 19 heavy (non-hydrogen) atoms. The molecular formula is C13H13F2N3O. The molecule has 0 saturated heterocycles. The molecule has 0 aliphatic carbocycles. The van der Waals surface area contributed by atoms with Crippen LogP contribution in [0.4, 0.5) is 14.6 Å². The second-order valence-corrected chi connectivity index (χ2v) is 4.39. The van der Waals surface area contributed by atoms with Gasteiger partial charge in [-0.3, -0.25) is 0 Å². The average molecular weight is 265 g/mol. The highest BCUT2D eigenvalue weighted by atomic mass is 19.1. The normalized spacial score (nSPS) is 13.4. The highest BCUT2D eigenvalue weighted by Crippen LogP contribution is 2.30. The zero-order valence-corrected chi connectivity index (χ0v) is 10.4. The van der Waals surface area contributed by atoms with Crippen molar-refractivity contribution in [2.75, 3.05) is 19.0 Å². The number of nitrogens with zero attached hydrogens (tertiary/aromatic N) is 2. The zero-order valence-electron chi connectivity index (χ0n) is 10.4. The maximum absolute atomic E-state index is 13.8. The summed E-state index contributed by atoms with van der Waals surface area (Å²) in [6, 6.07) is 3.46. The van der Waals surface area contributed by atoms with E-state index in [1.54, 1.807) is 7.11 Å². The first-order valence-electron chi connectivity index (χ1n) is 5.99. The summed E-state index contributed by atoms with van der Waals surface area (Å²) < 4.78 is 33.4. The monoisotopic (exact) mass is 265 g/mol. The van der Waals surface area contributed by atoms with Crippen molar-refractivity contribution in [2.24, 2.45) is 0 Å². The van der Waals surface area contributed by atoms with Crippen molar-refractivity contribution in [2.45, 2.75) is 13.0 Å². The Balaban J connectivity index is 2.12. The highest BCUT2D eigenvalue weighted by Gasteiger charge is 2.24. The zero-order chi connectivity index (χ0) is 13.4. The van der Waals surface area contributed by atoms with E-state index in [9.17, 15) is 8.78 Å². The molecule has 0 spiro atoms. The first-order chi connectivity index (χ1) is 9.20. The number of ether oxygens (including phenoxy) is 1. The predicted octanol–water partition coefficient (Wildman–Crippen LogP) is 2.26. The number of rotatable bonds is 3. The fraction of sp³-hybridized carbons (Fsp3) is 0.308. The molecule has 3 rings (SSSR count). The quantitative estimate of drug-likeness (QED) is 0.925. The van der Waals surface area contributed by atoms with Gasteiger partial charge in [0, 0.05) is 25.3 Å². The van der Waals surface area contributed by atoms with Crippen molar-refractivity contribution in [3.8, 4) is 5.69 Å². The lowest BCUT2D eigenvalue weighted by Crippen LogP contribution is -2.07. The molecular weight excluding hydrogens is 252 g/mol. The number of anilines is 1. The van der Waals surface area contributed by atoms with Crippen LogP contribution in [0.15, 0.2) is 18.2 Å². The maximum atomic E-state index is 13.8. The minimum absolute atomic E-state index is 0.231. The Morgan fingerprint density at radius 3 is 3.00 bits per heavy atom. The molecule has 2 heterocycles. The first kappa shape index (κ1) is 12.1. The molecule has 100 valence electrons. The molecule has 0 saturated carbocycles. The maximum Gasteiger partial charge on any atom is 0.151 e. The van der Waals surface area contributed by atoms with Crippen molar-refractivity contribution >= 4 is 5.82 Å². The summed E-state index contributed by atoms with van der Waals surface area (Å²) in [6.07, 6.45) is 0.830. The summed E-state index contributed by atoms with van der Waals surface area (Å²) >= 11 is 0. The molecule has 1 aliphatic heterocycles. The number of aromatic nitrogens is 2. The summed E-state index contributed by atoms with van der Waals surface area (Å²) in [7, 11) is 1.59. The first-order valence-corrected chi connectivity index (χ1v) is 5.99. The fourth-order valence-electron chi connectivity index (χ4n) is 2.33. The van der Waals surface area contributed by atoms with Gasteiger partial charge in [0.1, 0.15) is 17.3 Å².